The van der Waals surface area contributed by atoms with E-state index in [1.165, 1.54) is 6.33 Å². The zero-order chi connectivity index (χ0) is 14.7. The monoisotopic (exact) mass is 288 g/mol. The molecule has 8 heteroatoms. The van der Waals surface area contributed by atoms with Crippen LogP contribution in [-0.2, 0) is 9.53 Å². The third-order valence-corrected chi connectivity index (χ3v) is 3.41. The van der Waals surface area contributed by atoms with Crippen molar-refractivity contribution in [2.24, 2.45) is 0 Å². The summed E-state index contributed by atoms with van der Waals surface area (Å²) in [5.74, 6) is 0.564. The predicted octanol–water partition coefficient (Wildman–Crippen LogP) is -0.0223. The molecule has 1 saturated heterocycles. The number of anilines is 1. The number of hydrogen-bond donors (Lipinski definition) is 2. The van der Waals surface area contributed by atoms with Gasteiger partial charge in [-0.2, -0.15) is 5.10 Å². The third kappa shape index (κ3) is 3.06. The number of carbonyl (C=O) groups is 1. The van der Waals surface area contributed by atoms with Crippen LogP contribution in [0.2, 0.25) is 0 Å². The minimum atomic E-state index is -0.232. The van der Waals surface area contributed by atoms with Crippen LogP contribution in [0.1, 0.15) is 6.42 Å². The summed E-state index contributed by atoms with van der Waals surface area (Å²) in [7, 11) is 1.65. The Bertz CT molecular complexity index is 598. The molecule has 0 aromatic carbocycles. The third-order valence-electron chi connectivity index (χ3n) is 3.41. The van der Waals surface area contributed by atoms with E-state index in [-0.39, 0.29) is 18.1 Å². The summed E-state index contributed by atoms with van der Waals surface area (Å²) in [5, 5.41) is 9.96. The van der Waals surface area contributed by atoms with Gasteiger partial charge in [0.1, 0.15) is 12.7 Å². The van der Waals surface area contributed by atoms with Gasteiger partial charge in [0.15, 0.2) is 5.82 Å². The number of nitrogens with zero attached hydrogens (tertiary/aromatic N) is 4. The van der Waals surface area contributed by atoms with Gasteiger partial charge in [-0.3, -0.25) is 4.79 Å². The van der Waals surface area contributed by atoms with Crippen LogP contribution < -0.4 is 10.6 Å². The maximum absolute atomic E-state index is 12.1. The fourth-order valence-electron chi connectivity index (χ4n) is 2.23. The van der Waals surface area contributed by atoms with Crippen LogP contribution in [0.5, 0.6) is 0 Å². The van der Waals surface area contributed by atoms with Crippen molar-refractivity contribution in [3.63, 3.8) is 0 Å². The summed E-state index contributed by atoms with van der Waals surface area (Å²) in [4.78, 5) is 20.2. The number of pyridine rings is 1. The summed E-state index contributed by atoms with van der Waals surface area (Å²) < 4.78 is 6.78. The van der Waals surface area contributed by atoms with Crippen LogP contribution in [0.15, 0.2) is 31.0 Å². The number of rotatable bonds is 4. The summed E-state index contributed by atoms with van der Waals surface area (Å²) in [6.45, 7) is 0.693. The molecule has 2 N–H and O–H groups in total. The number of aromatic nitrogens is 4. The van der Waals surface area contributed by atoms with Gasteiger partial charge in [-0.05, 0) is 18.6 Å². The average molecular weight is 288 g/mol. The van der Waals surface area contributed by atoms with Gasteiger partial charge < -0.3 is 15.4 Å². The lowest BCUT2D eigenvalue weighted by molar-refractivity contribution is -0.118. The Hall–Kier alpha value is -2.32. The maximum Gasteiger partial charge on any atom is 0.241 e. The molecule has 2 atom stereocenters. The molecular weight excluding hydrogens is 272 g/mol. The number of hydrogen-bond acceptors (Lipinski definition) is 6. The lowest BCUT2D eigenvalue weighted by Crippen LogP contribution is -2.35. The minimum Gasteiger partial charge on any atom is -0.380 e. The van der Waals surface area contributed by atoms with Gasteiger partial charge in [-0.1, -0.05) is 0 Å². The Morgan fingerprint density at radius 1 is 1.52 bits per heavy atom. The van der Waals surface area contributed by atoms with E-state index in [2.05, 4.69) is 25.7 Å². The van der Waals surface area contributed by atoms with Gasteiger partial charge in [-0.25, -0.2) is 14.6 Å². The second kappa shape index (κ2) is 5.98. The highest BCUT2D eigenvalue weighted by atomic mass is 16.5. The van der Waals surface area contributed by atoms with Crippen LogP contribution >= 0.6 is 0 Å². The van der Waals surface area contributed by atoms with Gasteiger partial charge in [0.25, 0.3) is 0 Å². The first-order valence-electron chi connectivity index (χ1n) is 6.64. The Morgan fingerprint density at radius 2 is 2.43 bits per heavy atom. The maximum atomic E-state index is 12.1. The van der Waals surface area contributed by atoms with E-state index in [1.54, 1.807) is 36.4 Å². The summed E-state index contributed by atoms with van der Waals surface area (Å²) in [5.41, 5.74) is 0.645. The van der Waals surface area contributed by atoms with E-state index in [1.807, 2.05) is 0 Å². The molecule has 0 spiro atoms. The van der Waals surface area contributed by atoms with Crippen molar-refractivity contribution in [2.75, 3.05) is 19.0 Å². The Morgan fingerprint density at radius 3 is 3.05 bits per heavy atom. The topological polar surface area (TPSA) is 94.0 Å². The van der Waals surface area contributed by atoms with Crippen LogP contribution in [0, 0.1) is 0 Å². The Labute approximate surface area is 121 Å². The van der Waals surface area contributed by atoms with E-state index in [9.17, 15) is 4.79 Å². The van der Waals surface area contributed by atoms with Crippen LogP contribution in [0.25, 0.3) is 5.82 Å². The quantitative estimate of drug-likeness (QED) is 0.821. The average Bonchev–Trinajstić information content (AvgIpc) is 3.19. The summed E-state index contributed by atoms with van der Waals surface area (Å²) in [6, 6.07) is 3.32. The molecule has 1 fully saturated rings. The Kier molecular flexibility index (Phi) is 3.89. The molecule has 0 bridgehead atoms. The van der Waals surface area contributed by atoms with Crippen molar-refractivity contribution in [3.8, 4) is 5.82 Å². The van der Waals surface area contributed by atoms with Gasteiger partial charge in [-0.15, -0.1) is 0 Å². The molecular formula is C13H16N6O2. The summed E-state index contributed by atoms with van der Waals surface area (Å²) >= 11 is 0. The van der Waals surface area contributed by atoms with E-state index in [4.69, 9.17) is 4.74 Å². The lowest BCUT2D eigenvalue weighted by Gasteiger charge is -2.11. The zero-order valence-electron chi connectivity index (χ0n) is 11.6. The first-order valence-corrected chi connectivity index (χ1v) is 6.64. The van der Waals surface area contributed by atoms with Crippen molar-refractivity contribution < 1.29 is 9.53 Å². The Balaban J connectivity index is 1.62. The number of methoxy groups -OCH3 is 1. The highest BCUT2D eigenvalue weighted by molar-refractivity contribution is 5.95. The number of carbonyl (C=O) groups excluding carboxylic acids is 1. The minimum absolute atomic E-state index is 0.0788. The number of amides is 1. The van der Waals surface area contributed by atoms with Gasteiger partial charge in [0.05, 0.1) is 24.0 Å². The molecule has 1 aliphatic heterocycles. The van der Waals surface area contributed by atoms with Crippen LogP contribution in [0.4, 0.5) is 5.69 Å². The molecule has 21 heavy (non-hydrogen) atoms. The van der Waals surface area contributed by atoms with Crippen molar-refractivity contribution in [3.05, 3.63) is 31.0 Å². The molecule has 0 radical (unpaired) electrons. The first-order chi connectivity index (χ1) is 10.3. The first kappa shape index (κ1) is 13.7. The molecule has 3 heterocycles. The van der Waals surface area contributed by atoms with Crippen LogP contribution in [0.3, 0.4) is 0 Å². The SMILES string of the molecule is COC1CNC(C(=O)Nc2ccc(-n3cncn3)nc2)C1. The smallest absolute Gasteiger partial charge is 0.241 e. The molecule has 0 saturated carbocycles. The number of nitrogens with one attached hydrogen (secondary N) is 2. The predicted molar refractivity (Wildman–Crippen MR) is 75.0 cm³/mol. The normalized spacial score (nSPS) is 21.4. The molecule has 2 unspecified atom stereocenters. The molecule has 1 aliphatic rings. The molecule has 110 valence electrons. The zero-order valence-corrected chi connectivity index (χ0v) is 11.6. The van der Waals surface area contributed by atoms with E-state index >= 15 is 0 Å². The molecule has 1 amide bonds. The van der Waals surface area contributed by atoms with Crippen molar-refractivity contribution in [1.29, 1.82) is 0 Å². The molecule has 3 rings (SSSR count). The molecule has 2 aromatic rings. The van der Waals surface area contributed by atoms with Gasteiger partial charge >= 0.3 is 0 Å². The van der Waals surface area contributed by atoms with Crippen LogP contribution in [-0.4, -0.2) is 51.5 Å². The van der Waals surface area contributed by atoms with E-state index in [0.29, 0.717) is 24.5 Å². The van der Waals surface area contributed by atoms with Crippen molar-refractivity contribution in [1.82, 2.24) is 25.1 Å². The van der Waals surface area contributed by atoms with Crippen molar-refractivity contribution in [2.45, 2.75) is 18.6 Å². The lowest BCUT2D eigenvalue weighted by atomic mass is 10.2. The largest absolute Gasteiger partial charge is 0.380 e. The fourth-order valence-corrected chi connectivity index (χ4v) is 2.23. The molecule has 0 aliphatic carbocycles. The highest BCUT2D eigenvalue weighted by Crippen LogP contribution is 2.13. The van der Waals surface area contributed by atoms with E-state index < -0.39 is 0 Å². The van der Waals surface area contributed by atoms with Gasteiger partial charge in [0.2, 0.25) is 5.91 Å². The van der Waals surface area contributed by atoms with E-state index in [0.717, 1.165) is 0 Å². The van der Waals surface area contributed by atoms with Crippen molar-refractivity contribution >= 4 is 11.6 Å². The number of ether oxygens (including phenoxy) is 1. The second-order valence-electron chi connectivity index (χ2n) is 4.79. The fraction of sp³-hybridized carbons (Fsp3) is 0.385. The second-order valence-corrected chi connectivity index (χ2v) is 4.79. The molecule has 8 nitrogen and oxygen atoms in total. The summed E-state index contributed by atoms with van der Waals surface area (Å²) in [6.07, 6.45) is 5.36. The standard InChI is InChI=1S/C13H16N6O2/c1-21-10-4-11(15-6-10)13(20)18-9-2-3-12(16-5-9)19-8-14-7-17-19/h2-3,5,7-8,10-11,15H,4,6H2,1H3,(H,18,20). The molecule has 2 aromatic heterocycles. The van der Waals surface area contributed by atoms with Gasteiger partial charge in [0, 0.05) is 13.7 Å². The highest BCUT2D eigenvalue weighted by Gasteiger charge is 2.29.